The van der Waals surface area contributed by atoms with Crippen molar-refractivity contribution in [3.8, 4) is 16.9 Å². The van der Waals surface area contributed by atoms with E-state index in [2.05, 4.69) is 6.58 Å². The van der Waals surface area contributed by atoms with Crippen LogP contribution in [0, 0.1) is 17.6 Å². The molecule has 2 saturated heterocycles. The fourth-order valence-electron chi connectivity index (χ4n) is 6.27. The third kappa shape index (κ3) is 7.48. The fourth-order valence-corrected chi connectivity index (χ4v) is 7.44. The van der Waals surface area contributed by atoms with Crippen LogP contribution in [0.15, 0.2) is 109 Å². The Labute approximate surface area is 287 Å². The van der Waals surface area contributed by atoms with Crippen molar-refractivity contribution in [1.82, 2.24) is 0 Å². The second kappa shape index (κ2) is 14.4. The highest BCUT2D eigenvalue weighted by Crippen LogP contribution is 2.48. The lowest BCUT2D eigenvalue weighted by Crippen LogP contribution is -2.56. The summed E-state index contributed by atoms with van der Waals surface area (Å²) in [4.78, 5) is 15.1. The van der Waals surface area contributed by atoms with Crippen molar-refractivity contribution in [2.75, 3.05) is 17.3 Å². The third-order valence-electron chi connectivity index (χ3n) is 8.99. The highest BCUT2D eigenvalue weighted by atomic mass is 32.2. The predicted molar refractivity (Wildman–Crippen MR) is 179 cm³/mol. The maximum Gasteiger partial charge on any atom is 0.311 e. The Bertz CT molecular complexity index is 1940. The van der Waals surface area contributed by atoms with E-state index in [1.165, 1.54) is 60.7 Å². The van der Waals surface area contributed by atoms with Gasteiger partial charge in [0, 0.05) is 5.69 Å². The van der Waals surface area contributed by atoms with Gasteiger partial charge in [-0.1, -0.05) is 60.7 Å². The topological polar surface area (TPSA) is 154 Å². The number of carbonyl (C=O) groups is 1. The van der Waals surface area contributed by atoms with Crippen molar-refractivity contribution in [3.63, 3.8) is 0 Å². The molecule has 1 amide bonds. The van der Waals surface area contributed by atoms with E-state index in [9.17, 15) is 42.4 Å². The fraction of sp³-hybridized carbons (Fsp3) is 0.270. The van der Waals surface area contributed by atoms with E-state index in [1.54, 1.807) is 17.0 Å². The molecule has 0 bridgehead atoms. The second-order valence-corrected chi connectivity index (χ2v) is 14.0. The van der Waals surface area contributed by atoms with Crippen molar-refractivity contribution < 1.29 is 51.3 Å². The zero-order chi connectivity index (χ0) is 35.7. The van der Waals surface area contributed by atoms with Gasteiger partial charge in [0.25, 0.3) is 0 Å². The Morgan fingerprint density at radius 2 is 1.42 bits per heavy atom. The molecule has 6 rings (SSSR count). The molecule has 0 aliphatic carbocycles. The van der Waals surface area contributed by atoms with Crippen LogP contribution in [0.2, 0.25) is 0 Å². The van der Waals surface area contributed by atoms with Gasteiger partial charge in [0.1, 0.15) is 47.6 Å². The number of hydrogen-bond acceptors (Lipinski definition) is 9. The number of aliphatic hydroxyl groups is 4. The number of rotatable bonds is 11. The van der Waals surface area contributed by atoms with Gasteiger partial charge in [-0.25, -0.2) is 8.78 Å². The predicted octanol–water partition coefficient (Wildman–Crippen LogP) is 4.21. The van der Waals surface area contributed by atoms with Crippen LogP contribution in [0.1, 0.15) is 29.7 Å². The summed E-state index contributed by atoms with van der Waals surface area (Å²) in [6.45, 7) is 3.80. The van der Waals surface area contributed by atoms with E-state index in [0.29, 0.717) is 16.8 Å². The first-order valence-corrected chi connectivity index (χ1v) is 17.4. The molecule has 50 heavy (non-hydrogen) atoms. The standard InChI is InChI=1S/C37H35F2NO9S/c1-21(18-30(41)24-6-10-26(38)11-7-24)33-34(40(37(33)45)28-14-12-27(39)13-15-28)25-4-2-22(3-5-25)23-8-16-29(17-9-23)49-50(46,47)20-32-36(44)35(43)31(42)19-48-32/h2-17,30-36,41-44H,1,18-20H2/t30-,31+,32?,33+,34+,35-,36-/m0/s1. The van der Waals surface area contributed by atoms with E-state index < -0.39 is 70.0 Å². The van der Waals surface area contributed by atoms with Crippen LogP contribution < -0.4 is 9.08 Å². The van der Waals surface area contributed by atoms with E-state index in [0.717, 1.165) is 16.7 Å². The van der Waals surface area contributed by atoms with Crippen LogP contribution in [0.4, 0.5) is 14.5 Å². The van der Waals surface area contributed by atoms with Gasteiger partial charge in [-0.05, 0) is 77.2 Å². The number of hydrogen-bond donors (Lipinski definition) is 4. The molecule has 1 unspecified atom stereocenters. The quantitative estimate of drug-likeness (QED) is 0.102. The van der Waals surface area contributed by atoms with E-state index in [1.807, 2.05) is 24.3 Å². The number of nitrogens with zero attached hydrogens (tertiary/aromatic N) is 1. The minimum absolute atomic E-state index is 0.0170. The highest BCUT2D eigenvalue weighted by molar-refractivity contribution is 7.87. The number of ether oxygens (including phenoxy) is 1. The molecule has 2 aliphatic rings. The van der Waals surface area contributed by atoms with E-state index >= 15 is 0 Å². The lowest BCUT2D eigenvalue weighted by Gasteiger charge is -2.48. The lowest BCUT2D eigenvalue weighted by molar-refractivity contribution is -0.180. The van der Waals surface area contributed by atoms with Gasteiger partial charge in [0.2, 0.25) is 5.91 Å². The molecule has 7 atom stereocenters. The SMILES string of the molecule is C=C(C[C@H](O)c1ccc(F)cc1)[C@H]1C(=O)N(c2ccc(F)cc2)[C@@H]1c1ccc(-c2ccc(OS(=O)(=O)CC3OC[C@@H](O)[C@H](O)[C@H]3O)cc2)cc1. The Kier molecular flexibility index (Phi) is 10.2. The molecule has 2 aliphatic heterocycles. The van der Waals surface area contributed by atoms with Gasteiger partial charge in [-0.15, -0.1) is 0 Å². The third-order valence-corrected chi connectivity index (χ3v) is 10.2. The minimum Gasteiger partial charge on any atom is -0.388 e. The summed E-state index contributed by atoms with van der Waals surface area (Å²) in [6, 6.07) is 24.1. The molecule has 262 valence electrons. The van der Waals surface area contributed by atoms with Gasteiger partial charge < -0.3 is 34.2 Å². The molecule has 13 heteroatoms. The molecule has 0 saturated carbocycles. The first kappa shape index (κ1) is 35.3. The normalized spacial score (nSPS) is 24.4. The molecular weight excluding hydrogens is 672 g/mol. The summed E-state index contributed by atoms with van der Waals surface area (Å²) >= 11 is 0. The number of carbonyl (C=O) groups excluding carboxylic acids is 1. The van der Waals surface area contributed by atoms with Crippen molar-refractivity contribution in [2.24, 2.45) is 5.92 Å². The summed E-state index contributed by atoms with van der Waals surface area (Å²) in [6.07, 6.45) is -6.70. The van der Waals surface area contributed by atoms with Crippen molar-refractivity contribution in [2.45, 2.75) is 43.0 Å². The molecule has 4 aromatic rings. The Morgan fingerprint density at radius 1 is 0.860 bits per heavy atom. The average molecular weight is 708 g/mol. The minimum atomic E-state index is -4.24. The number of anilines is 1. The number of aliphatic hydroxyl groups excluding tert-OH is 4. The zero-order valence-electron chi connectivity index (χ0n) is 26.5. The molecule has 4 aromatic carbocycles. The van der Waals surface area contributed by atoms with Crippen LogP contribution >= 0.6 is 0 Å². The van der Waals surface area contributed by atoms with Crippen LogP contribution in [-0.2, 0) is 19.6 Å². The Balaban J connectivity index is 1.17. The zero-order valence-corrected chi connectivity index (χ0v) is 27.4. The molecule has 0 radical (unpaired) electrons. The summed E-state index contributed by atoms with van der Waals surface area (Å²) in [5.74, 6) is -2.55. The number of benzene rings is 4. The number of amides is 1. The van der Waals surface area contributed by atoms with Gasteiger partial charge in [0.05, 0.1) is 24.7 Å². The van der Waals surface area contributed by atoms with Crippen LogP contribution in [0.25, 0.3) is 11.1 Å². The smallest absolute Gasteiger partial charge is 0.311 e. The monoisotopic (exact) mass is 707 g/mol. The maximum absolute atomic E-state index is 13.7. The van der Waals surface area contributed by atoms with Crippen molar-refractivity contribution in [1.29, 1.82) is 0 Å². The van der Waals surface area contributed by atoms with Crippen LogP contribution in [0.5, 0.6) is 5.75 Å². The van der Waals surface area contributed by atoms with Gasteiger partial charge in [-0.3, -0.25) is 4.79 Å². The molecule has 10 nitrogen and oxygen atoms in total. The first-order valence-electron chi connectivity index (χ1n) is 15.8. The highest BCUT2D eigenvalue weighted by Gasteiger charge is 2.50. The molecular formula is C37H35F2NO9S. The lowest BCUT2D eigenvalue weighted by atomic mass is 9.75. The maximum atomic E-state index is 13.7. The van der Waals surface area contributed by atoms with E-state index in [-0.39, 0.29) is 24.7 Å². The average Bonchev–Trinajstić information content (AvgIpc) is 3.09. The summed E-state index contributed by atoms with van der Waals surface area (Å²) in [5, 5.41) is 40.3. The van der Waals surface area contributed by atoms with Gasteiger partial charge in [-0.2, -0.15) is 8.42 Å². The first-order chi connectivity index (χ1) is 23.8. The number of β-lactam (4-membered cyclic amide) rings is 1. The molecule has 2 heterocycles. The molecule has 2 fully saturated rings. The van der Waals surface area contributed by atoms with Gasteiger partial charge in [0.15, 0.2) is 0 Å². The van der Waals surface area contributed by atoms with Crippen molar-refractivity contribution in [3.05, 3.63) is 132 Å². The van der Waals surface area contributed by atoms with E-state index in [4.69, 9.17) is 8.92 Å². The summed E-state index contributed by atoms with van der Waals surface area (Å²) in [5.41, 5.74) is 3.74. The van der Waals surface area contributed by atoms with Crippen molar-refractivity contribution >= 4 is 21.7 Å². The van der Waals surface area contributed by atoms with Gasteiger partial charge >= 0.3 is 10.1 Å². The van der Waals surface area contributed by atoms with Crippen LogP contribution in [0.3, 0.4) is 0 Å². The van der Waals surface area contributed by atoms with Crippen LogP contribution in [-0.4, -0.2) is 71.5 Å². The molecule has 0 aromatic heterocycles. The Morgan fingerprint density at radius 3 is 2.02 bits per heavy atom. The largest absolute Gasteiger partial charge is 0.388 e. The number of halogens is 2. The molecule has 0 spiro atoms. The summed E-state index contributed by atoms with van der Waals surface area (Å²) < 4.78 is 62.8. The Hall–Kier alpha value is -4.50. The second-order valence-electron chi connectivity index (χ2n) is 12.4. The summed E-state index contributed by atoms with van der Waals surface area (Å²) in [7, 11) is -4.24. The molecule has 4 N–H and O–H groups in total.